The maximum atomic E-state index is 12.4. The van der Waals surface area contributed by atoms with Gasteiger partial charge in [0, 0.05) is 18.8 Å². The molecule has 0 bridgehead atoms. The molecule has 10 nitrogen and oxygen atoms in total. The number of nitrogens with one attached hydrogen (secondary N) is 1. The van der Waals surface area contributed by atoms with Gasteiger partial charge in [0.1, 0.15) is 15.5 Å². The lowest BCUT2D eigenvalue weighted by Crippen LogP contribution is -2.42. The first kappa shape index (κ1) is 24.5. The summed E-state index contributed by atoms with van der Waals surface area (Å²) in [6.07, 6.45) is 0.928. The number of carbonyl (C=O) groups excluding carboxylic acids is 3. The van der Waals surface area contributed by atoms with Crippen LogP contribution in [0, 0.1) is 5.92 Å². The molecule has 1 amide bonds. The summed E-state index contributed by atoms with van der Waals surface area (Å²) < 4.78 is 37.2. The summed E-state index contributed by atoms with van der Waals surface area (Å²) in [4.78, 5) is 38.1. The minimum Gasteiger partial charge on any atom is -0.507 e. The SMILES string of the molecule is CCOC(=O)C1CCN(C(=O)COC(=O)c2cc(NS(=O)(=O)c3cccs3)ccc2O)CC1. The molecule has 3 rings (SSSR count). The minimum atomic E-state index is -3.84. The molecule has 1 aliphatic rings. The Morgan fingerprint density at radius 2 is 1.91 bits per heavy atom. The van der Waals surface area contributed by atoms with Gasteiger partial charge >= 0.3 is 11.9 Å². The molecule has 0 saturated carbocycles. The molecule has 1 fully saturated rings. The van der Waals surface area contributed by atoms with Crippen LogP contribution in [0.5, 0.6) is 5.75 Å². The van der Waals surface area contributed by atoms with Crippen LogP contribution in [0.3, 0.4) is 0 Å². The van der Waals surface area contributed by atoms with Gasteiger partial charge < -0.3 is 19.5 Å². The summed E-state index contributed by atoms with van der Waals surface area (Å²) in [5.41, 5.74) is -0.226. The van der Waals surface area contributed by atoms with Crippen molar-refractivity contribution < 1.29 is 37.4 Å². The number of piperidine rings is 1. The van der Waals surface area contributed by atoms with Gasteiger partial charge in [0.25, 0.3) is 15.9 Å². The first-order chi connectivity index (χ1) is 15.7. The summed E-state index contributed by atoms with van der Waals surface area (Å²) in [5.74, 6) is -2.35. The van der Waals surface area contributed by atoms with E-state index in [1.54, 1.807) is 18.4 Å². The monoisotopic (exact) mass is 496 g/mol. The third-order valence-electron chi connectivity index (χ3n) is 5.02. The van der Waals surface area contributed by atoms with Crippen molar-refractivity contribution in [3.8, 4) is 5.75 Å². The number of ether oxygens (including phenoxy) is 2. The summed E-state index contributed by atoms with van der Waals surface area (Å²) in [7, 11) is -3.84. The van der Waals surface area contributed by atoms with E-state index in [4.69, 9.17) is 9.47 Å². The summed E-state index contributed by atoms with van der Waals surface area (Å²) in [6.45, 7) is 2.16. The van der Waals surface area contributed by atoms with E-state index in [0.717, 1.165) is 23.5 Å². The summed E-state index contributed by atoms with van der Waals surface area (Å²) in [6, 6.07) is 6.62. The van der Waals surface area contributed by atoms with Gasteiger partial charge in [-0.2, -0.15) is 0 Å². The molecule has 1 aliphatic heterocycles. The molecule has 33 heavy (non-hydrogen) atoms. The zero-order valence-corrected chi connectivity index (χ0v) is 19.5. The zero-order valence-electron chi connectivity index (χ0n) is 17.9. The second kappa shape index (κ2) is 10.7. The Kier molecular flexibility index (Phi) is 7.92. The van der Waals surface area contributed by atoms with Gasteiger partial charge in [-0.25, -0.2) is 13.2 Å². The smallest absolute Gasteiger partial charge is 0.342 e. The Balaban J connectivity index is 1.57. The van der Waals surface area contributed by atoms with Gasteiger partial charge in [-0.05, 0) is 49.4 Å². The van der Waals surface area contributed by atoms with Gasteiger partial charge in [0.15, 0.2) is 6.61 Å². The molecule has 2 aromatic rings. The van der Waals surface area contributed by atoms with E-state index in [2.05, 4.69) is 4.72 Å². The van der Waals surface area contributed by atoms with Crippen LogP contribution < -0.4 is 4.72 Å². The Morgan fingerprint density at radius 3 is 2.55 bits per heavy atom. The standard InChI is InChI=1S/C21H24N2O8S2/c1-2-30-20(26)14-7-9-23(10-8-14)18(25)13-31-21(27)16-12-15(5-6-17(16)24)22-33(28,29)19-4-3-11-32-19/h3-6,11-12,14,22,24H,2,7-10,13H2,1H3. The Hall–Kier alpha value is -3.12. The number of phenols is 1. The number of thiophene rings is 1. The number of rotatable bonds is 8. The number of hydrogen-bond donors (Lipinski definition) is 2. The predicted molar refractivity (Wildman–Crippen MR) is 119 cm³/mol. The molecular weight excluding hydrogens is 472 g/mol. The number of carbonyl (C=O) groups is 3. The van der Waals surface area contributed by atoms with E-state index in [-0.39, 0.29) is 27.3 Å². The van der Waals surface area contributed by atoms with Crippen molar-refractivity contribution in [2.75, 3.05) is 31.0 Å². The highest BCUT2D eigenvalue weighted by molar-refractivity contribution is 7.94. The molecule has 2 heterocycles. The number of sulfonamides is 1. The number of amides is 1. The van der Waals surface area contributed by atoms with Crippen LogP contribution in [-0.4, -0.2) is 62.6 Å². The van der Waals surface area contributed by atoms with E-state index >= 15 is 0 Å². The molecule has 0 spiro atoms. The number of hydrogen-bond acceptors (Lipinski definition) is 9. The zero-order chi connectivity index (χ0) is 24.0. The normalized spacial score (nSPS) is 14.5. The first-order valence-corrected chi connectivity index (χ1v) is 12.6. The van der Waals surface area contributed by atoms with E-state index in [9.17, 15) is 27.9 Å². The van der Waals surface area contributed by atoms with Crippen LogP contribution in [-0.2, 0) is 29.1 Å². The molecule has 2 N–H and O–H groups in total. The van der Waals surface area contributed by atoms with Crippen LogP contribution >= 0.6 is 11.3 Å². The number of nitrogens with zero attached hydrogens (tertiary/aromatic N) is 1. The van der Waals surface area contributed by atoms with Crippen molar-refractivity contribution in [3.63, 3.8) is 0 Å². The van der Waals surface area contributed by atoms with Crippen LogP contribution in [0.2, 0.25) is 0 Å². The summed E-state index contributed by atoms with van der Waals surface area (Å²) in [5, 5.41) is 11.6. The van der Waals surface area contributed by atoms with Crippen molar-refractivity contribution in [2.24, 2.45) is 5.92 Å². The van der Waals surface area contributed by atoms with E-state index in [1.807, 2.05) is 0 Å². The molecule has 178 valence electrons. The second-order valence-corrected chi connectivity index (χ2v) is 10.1. The van der Waals surface area contributed by atoms with Crippen molar-refractivity contribution >= 4 is 44.9 Å². The van der Waals surface area contributed by atoms with Crippen LogP contribution in [0.1, 0.15) is 30.1 Å². The number of likely N-dealkylation sites (tertiary alicyclic amines) is 1. The quantitative estimate of drug-likeness (QED) is 0.419. The van der Waals surface area contributed by atoms with E-state index < -0.39 is 34.3 Å². The second-order valence-electron chi connectivity index (χ2n) is 7.25. The van der Waals surface area contributed by atoms with Gasteiger partial charge in [-0.1, -0.05) is 6.07 Å². The van der Waals surface area contributed by atoms with Crippen LogP contribution in [0.4, 0.5) is 5.69 Å². The Morgan fingerprint density at radius 1 is 1.18 bits per heavy atom. The Labute approximate surface area is 195 Å². The average molecular weight is 497 g/mol. The van der Waals surface area contributed by atoms with E-state index in [1.165, 1.54) is 17.0 Å². The first-order valence-electron chi connectivity index (χ1n) is 10.2. The number of anilines is 1. The fourth-order valence-electron chi connectivity index (χ4n) is 3.31. The highest BCUT2D eigenvalue weighted by Crippen LogP contribution is 2.26. The fourth-order valence-corrected chi connectivity index (χ4v) is 5.35. The molecule has 0 atom stereocenters. The largest absolute Gasteiger partial charge is 0.507 e. The van der Waals surface area contributed by atoms with Crippen LogP contribution in [0.25, 0.3) is 0 Å². The van der Waals surface area contributed by atoms with Gasteiger partial charge in [0.05, 0.1) is 12.5 Å². The lowest BCUT2D eigenvalue weighted by molar-refractivity contribution is -0.151. The maximum absolute atomic E-state index is 12.4. The van der Waals surface area contributed by atoms with Gasteiger partial charge in [-0.15, -0.1) is 11.3 Å². The lowest BCUT2D eigenvalue weighted by Gasteiger charge is -2.30. The molecule has 12 heteroatoms. The van der Waals surface area contributed by atoms with Gasteiger partial charge in [0.2, 0.25) is 0 Å². The lowest BCUT2D eigenvalue weighted by atomic mass is 9.97. The molecule has 1 aromatic heterocycles. The van der Waals surface area contributed by atoms with Gasteiger partial charge in [-0.3, -0.25) is 14.3 Å². The minimum absolute atomic E-state index is 0.0560. The molecule has 1 aromatic carbocycles. The number of phenolic OH excluding ortho intramolecular Hbond substituents is 1. The molecule has 0 radical (unpaired) electrons. The number of aromatic hydroxyl groups is 1. The van der Waals surface area contributed by atoms with Crippen molar-refractivity contribution in [3.05, 3.63) is 41.3 Å². The summed E-state index contributed by atoms with van der Waals surface area (Å²) >= 11 is 1.03. The predicted octanol–water partition coefficient (Wildman–Crippen LogP) is 2.21. The van der Waals surface area contributed by atoms with Crippen molar-refractivity contribution in [1.29, 1.82) is 0 Å². The molecule has 0 aliphatic carbocycles. The van der Waals surface area contributed by atoms with E-state index in [0.29, 0.717) is 32.5 Å². The van der Waals surface area contributed by atoms with Crippen molar-refractivity contribution in [2.45, 2.75) is 24.0 Å². The maximum Gasteiger partial charge on any atom is 0.342 e. The average Bonchev–Trinajstić information content (AvgIpc) is 3.35. The Bertz CT molecular complexity index is 1110. The molecular formula is C21H24N2O8S2. The fraction of sp³-hybridized carbons (Fsp3) is 0.381. The number of esters is 2. The van der Waals surface area contributed by atoms with Crippen molar-refractivity contribution in [1.82, 2.24) is 4.90 Å². The van der Waals surface area contributed by atoms with Crippen LogP contribution in [0.15, 0.2) is 39.9 Å². The number of benzene rings is 1. The highest BCUT2D eigenvalue weighted by Gasteiger charge is 2.29. The topological polar surface area (TPSA) is 139 Å². The molecule has 1 saturated heterocycles. The third-order valence-corrected chi connectivity index (χ3v) is 7.80. The third kappa shape index (κ3) is 6.23. The highest BCUT2D eigenvalue weighted by atomic mass is 32.2. The molecule has 0 unspecified atom stereocenters.